The lowest BCUT2D eigenvalue weighted by Gasteiger charge is -2.28. The number of halogens is 3. The molecule has 1 aromatic carbocycles. The molecule has 1 saturated heterocycles. The Morgan fingerprint density at radius 1 is 1.32 bits per heavy atom. The number of nitrogens with one attached hydrogen (secondary N) is 1. The number of rotatable bonds is 2. The van der Waals surface area contributed by atoms with Gasteiger partial charge in [-0.05, 0) is 41.9 Å². The number of hydrogen-bond acceptors (Lipinski definition) is 2. The number of nitrogens with zero attached hydrogens (tertiary/aromatic N) is 1. The highest BCUT2D eigenvalue weighted by atomic mass is 79.9. The number of carbonyl (C=O) groups excluding carboxylic acids is 2. The molecule has 102 valence electrons. The molecule has 0 aliphatic carbocycles. The van der Waals surface area contributed by atoms with Crippen LogP contribution in [-0.4, -0.2) is 22.4 Å². The molecule has 1 aliphatic rings. The van der Waals surface area contributed by atoms with Crippen molar-refractivity contribution < 1.29 is 18.4 Å². The van der Waals surface area contributed by atoms with E-state index in [1.165, 1.54) is 19.9 Å². The minimum absolute atomic E-state index is 0.104. The van der Waals surface area contributed by atoms with Gasteiger partial charge in [-0.15, -0.1) is 0 Å². The van der Waals surface area contributed by atoms with Crippen molar-refractivity contribution >= 4 is 27.9 Å². The summed E-state index contributed by atoms with van der Waals surface area (Å²) in [5.74, 6) is -2.03. The molecule has 0 atom stereocenters. The van der Waals surface area contributed by atoms with Gasteiger partial charge in [0.1, 0.15) is 17.2 Å². The van der Waals surface area contributed by atoms with Gasteiger partial charge in [0, 0.05) is 5.56 Å². The van der Waals surface area contributed by atoms with Gasteiger partial charge in [0.15, 0.2) is 0 Å². The van der Waals surface area contributed by atoms with Crippen molar-refractivity contribution in [3.8, 4) is 0 Å². The molecular formula is C12H11BrF2N2O2. The first-order valence-corrected chi connectivity index (χ1v) is 6.30. The normalized spacial score (nSPS) is 17.8. The van der Waals surface area contributed by atoms with Gasteiger partial charge in [0.25, 0.3) is 5.91 Å². The minimum Gasteiger partial charge on any atom is -0.306 e. The van der Waals surface area contributed by atoms with Crippen LogP contribution >= 0.6 is 15.9 Å². The third-order valence-electron chi connectivity index (χ3n) is 3.15. The van der Waals surface area contributed by atoms with Crippen LogP contribution in [0.3, 0.4) is 0 Å². The molecular weight excluding hydrogens is 322 g/mol. The SMILES string of the molecule is CC1(C)C(=O)NC(=O)N1Cc1c(F)ccc(Br)c1F. The van der Waals surface area contributed by atoms with Crippen molar-refractivity contribution in [3.63, 3.8) is 0 Å². The van der Waals surface area contributed by atoms with Crippen LogP contribution in [0.4, 0.5) is 13.6 Å². The van der Waals surface area contributed by atoms with E-state index in [2.05, 4.69) is 21.2 Å². The standard InChI is InChI=1S/C12H11BrF2N2O2/c1-12(2)10(18)16-11(19)17(12)5-6-8(14)4-3-7(13)9(6)15/h3-4H,5H2,1-2H3,(H,16,18,19). The Labute approximate surface area is 116 Å². The van der Waals surface area contributed by atoms with Crippen molar-refractivity contribution in [3.05, 3.63) is 33.8 Å². The molecule has 0 spiro atoms. The van der Waals surface area contributed by atoms with Crippen molar-refractivity contribution in [2.45, 2.75) is 25.9 Å². The van der Waals surface area contributed by atoms with E-state index >= 15 is 0 Å². The van der Waals surface area contributed by atoms with Crippen LogP contribution in [0.25, 0.3) is 0 Å². The van der Waals surface area contributed by atoms with Crippen molar-refractivity contribution in [2.75, 3.05) is 0 Å². The lowest BCUT2D eigenvalue weighted by atomic mass is 10.0. The summed E-state index contributed by atoms with van der Waals surface area (Å²) in [7, 11) is 0. The first-order chi connectivity index (χ1) is 8.75. The van der Waals surface area contributed by atoms with Crippen molar-refractivity contribution in [1.82, 2.24) is 10.2 Å². The molecule has 0 bridgehead atoms. The van der Waals surface area contributed by atoms with Crippen LogP contribution < -0.4 is 5.32 Å². The molecule has 0 radical (unpaired) electrons. The second-order valence-corrected chi connectivity index (χ2v) is 5.58. The van der Waals surface area contributed by atoms with Gasteiger partial charge in [-0.25, -0.2) is 13.6 Å². The number of imide groups is 1. The van der Waals surface area contributed by atoms with Crippen LogP contribution in [0.15, 0.2) is 16.6 Å². The molecule has 7 heteroatoms. The summed E-state index contributed by atoms with van der Waals surface area (Å²) >= 11 is 2.96. The quantitative estimate of drug-likeness (QED) is 0.668. The third-order valence-corrected chi connectivity index (χ3v) is 3.76. The van der Waals surface area contributed by atoms with Crippen molar-refractivity contribution in [1.29, 1.82) is 0 Å². The Bertz CT molecular complexity index is 575. The second-order valence-electron chi connectivity index (χ2n) is 4.73. The molecule has 4 nitrogen and oxygen atoms in total. The van der Waals surface area contributed by atoms with E-state index in [-0.39, 0.29) is 16.6 Å². The van der Waals surface area contributed by atoms with Crippen LogP contribution in [-0.2, 0) is 11.3 Å². The summed E-state index contributed by atoms with van der Waals surface area (Å²) in [6, 6.07) is 1.69. The van der Waals surface area contributed by atoms with Gasteiger partial charge in [0.2, 0.25) is 0 Å². The summed E-state index contributed by atoms with van der Waals surface area (Å²) in [6.07, 6.45) is 0. The Kier molecular flexibility index (Phi) is 3.34. The van der Waals surface area contributed by atoms with E-state index in [9.17, 15) is 18.4 Å². The molecule has 19 heavy (non-hydrogen) atoms. The predicted octanol–water partition coefficient (Wildman–Crippen LogP) is 2.56. The maximum absolute atomic E-state index is 13.9. The van der Waals surface area contributed by atoms with E-state index in [1.807, 2.05) is 0 Å². The maximum atomic E-state index is 13.9. The van der Waals surface area contributed by atoms with Crippen molar-refractivity contribution in [2.24, 2.45) is 0 Å². The van der Waals surface area contributed by atoms with Gasteiger partial charge < -0.3 is 4.90 Å². The van der Waals surface area contributed by atoms with E-state index < -0.39 is 29.1 Å². The Balaban J connectivity index is 2.39. The maximum Gasteiger partial charge on any atom is 0.325 e. The van der Waals surface area contributed by atoms with E-state index in [0.29, 0.717) is 0 Å². The zero-order chi connectivity index (χ0) is 14.4. The fourth-order valence-corrected chi connectivity index (χ4v) is 2.21. The number of carbonyl (C=O) groups is 2. The number of urea groups is 1. The van der Waals surface area contributed by atoms with Crippen LogP contribution in [0.2, 0.25) is 0 Å². The molecule has 1 fully saturated rings. The summed E-state index contributed by atoms with van der Waals surface area (Å²) in [4.78, 5) is 24.3. The topological polar surface area (TPSA) is 49.4 Å². The number of hydrogen-bond donors (Lipinski definition) is 1. The number of amides is 3. The molecule has 0 unspecified atom stereocenters. The number of benzene rings is 1. The highest BCUT2D eigenvalue weighted by molar-refractivity contribution is 9.10. The van der Waals surface area contributed by atoms with Crippen LogP contribution in [0, 0.1) is 11.6 Å². The van der Waals surface area contributed by atoms with Crippen LogP contribution in [0.5, 0.6) is 0 Å². The zero-order valence-corrected chi connectivity index (χ0v) is 11.8. The Hall–Kier alpha value is -1.50. The predicted molar refractivity (Wildman–Crippen MR) is 67.2 cm³/mol. The first kappa shape index (κ1) is 13.9. The zero-order valence-electron chi connectivity index (χ0n) is 10.3. The lowest BCUT2D eigenvalue weighted by molar-refractivity contribution is -0.125. The summed E-state index contributed by atoms with van der Waals surface area (Å²) in [6.45, 7) is 2.71. The average molecular weight is 333 g/mol. The van der Waals surface area contributed by atoms with Gasteiger partial charge in [-0.1, -0.05) is 0 Å². The molecule has 1 N–H and O–H groups in total. The lowest BCUT2D eigenvalue weighted by Crippen LogP contribution is -2.43. The van der Waals surface area contributed by atoms with Gasteiger partial charge in [-0.3, -0.25) is 10.1 Å². The fraction of sp³-hybridized carbons (Fsp3) is 0.333. The molecule has 0 saturated carbocycles. The van der Waals surface area contributed by atoms with Gasteiger partial charge in [0.05, 0.1) is 11.0 Å². The Morgan fingerprint density at radius 3 is 2.47 bits per heavy atom. The third kappa shape index (κ3) is 2.22. The molecule has 3 amide bonds. The van der Waals surface area contributed by atoms with Crippen LogP contribution in [0.1, 0.15) is 19.4 Å². The Morgan fingerprint density at radius 2 is 1.95 bits per heavy atom. The van der Waals surface area contributed by atoms with Gasteiger partial charge in [-0.2, -0.15) is 0 Å². The van der Waals surface area contributed by atoms with E-state index in [0.717, 1.165) is 11.0 Å². The molecule has 1 aromatic rings. The molecule has 2 rings (SSSR count). The molecule has 1 heterocycles. The molecule has 0 aromatic heterocycles. The minimum atomic E-state index is -1.14. The highest BCUT2D eigenvalue weighted by Gasteiger charge is 2.45. The summed E-state index contributed by atoms with van der Waals surface area (Å²) in [5, 5.41) is 2.12. The van der Waals surface area contributed by atoms with Gasteiger partial charge >= 0.3 is 6.03 Å². The molecule has 1 aliphatic heterocycles. The monoisotopic (exact) mass is 332 g/mol. The second kappa shape index (κ2) is 4.56. The average Bonchev–Trinajstić information content (AvgIpc) is 2.51. The largest absolute Gasteiger partial charge is 0.325 e. The highest BCUT2D eigenvalue weighted by Crippen LogP contribution is 2.28. The first-order valence-electron chi connectivity index (χ1n) is 5.50. The summed E-state index contributed by atoms with van der Waals surface area (Å²) in [5.41, 5.74) is -1.40. The smallest absolute Gasteiger partial charge is 0.306 e. The van der Waals surface area contributed by atoms with E-state index in [1.54, 1.807) is 0 Å². The fourth-order valence-electron chi connectivity index (χ4n) is 1.84. The van der Waals surface area contributed by atoms with E-state index in [4.69, 9.17) is 0 Å². The summed E-state index contributed by atoms with van der Waals surface area (Å²) < 4.78 is 27.6.